The lowest BCUT2D eigenvalue weighted by atomic mass is 10.2. The molecule has 0 saturated heterocycles. The van der Waals surface area contributed by atoms with E-state index >= 15 is 0 Å². The van der Waals surface area contributed by atoms with Crippen molar-refractivity contribution in [2.45, 2.75) is 33.5 Å². The molecule has 0 fully saturated rings. The van der Waals surface area contributed by atoms with Crippen LogP contribution < -0.4 is 0 Å². The average molecular weight is 200 g/mol. The smallest absolute Gasteiger partial charge is 0.308 e. The zero-order chi connectivity index (χ0) is 10.8. The molecule has 0 aromatic carbocycles. The van der Waals surface area contributed by atoms with Gasteiger partial charge in [-0.1, -0.05) is 13.8 Å². The molecule has 0 atom stereocenters. The van der Waals surface area contributed by atoms with E-state index in [1.165, 1.54) is 6.26 Å². The Kier molecular flexibility index (Phi) is 3.03. The van der Waals surface area contributed by atoms with E-state index in [9.17, 15) is 4.79 Å². The van der Waals surface area contributed by atoms with Crippen molar-refractivity contribution in [1.29, 1.82) is 0 Å². The van der Waals surface area contributed by atoms with Gasteiger partial charge in [-0.25, -0.2) is 0 Å². The maximum Gasteiger partial charge on any atom is 0.308 e. The highest BCUT2D eigenvalue weighted by molar-refractivity contribution is 5.71. The van der Waals surface area contributed by atoms with E-state index in [1.54, 1.807) is 27.7 Å². The molecule has 0 radical (unpaired) electrons. The quantitative estimate of drug-likeness (QED) is 0.652. The van der Waals surface area contributed by atoms with Crippen LogP contribution in [0.5, 0.6) is 0 Å². The Morgan fingerprint density at radius 3 is 2.64 bits per heavy atom. The molecule has 1 heterocycles. The molecule has 0 spiro atoms. The minimum absolute atomic E-state index is 0.120. The fourth-order valence-corrected chi connectivity index (χ4v) is 0.944. The Balaban J connectivity index is 2.31. The maximum atomic E-state index is 11.1. The third-order valence-corrected chi connectivity index (χ3v) is 1.68. The number of carbonyl (C=O) groups is 1. The molecule has 0 saturated carbocycles. The zero-order valence-corrected chi connectivity index (χ0v) is 8.99. The van der Waals surface area contributed by atoms with Crippen LogP contribution in [0.15, 0.2) is 12.0 Å². The SMILES string of the molecule is CC(C)C(=O)OCC1=COC(C)(C)O1. The van der Waals surface area contributed by atoms with E-state index in [0.29, 0.717) is 5.76 Å². The number of hydrogen-bond acceptors (Lipinski definition) is 4. The number of carbonyl (C=O) groups excluding carboxylic acids is 1. The first kappa shape index (κ1) is 10.9. The summed E-state index contributed by atoms with van der Waals surface area (Å²) in [6.07, 6.45) is 1.48. The maximum absolute atomic E-state index is 11.1. The van der Waals surface area contributed by atoms with Crippen LogP contribution >= 0.6 is 0 Å². The first-order chi connectivity index (χ1) is 6.41. The van der Waals surface area contributed by atoms with E-state index in [-0.39, 0.29) is 18.5 Å². The van der Waals surface area contributed by atoms with Gasteiger partial charge >= 0.3 is 5.97 Å². The number of rotatable bonds is 3. The average Bonchev–Trinajstić information content (AvgIpc) is 2.41. The van der Waals surface area contributed by atoms with Gasteiger partial charge in [0.05, 0.1) is 5.92 Å². The topological polar surface area (TPSA) is 44.8 Å². The van der Waals surface area contributed by atoms with Crippen LogP contribution in [0.1, 0.15) is 27.7 Å². The molecule has 4 heteroatoms. The third-order valence-electron chi connectivity index (χ3n) is 1.68. The Labute approximate surface area is 83.8 Å². The van der Waals surface area contributed by atoms with Gasteiger partial charge in [0.15, 0.2) is 12.4 Å². The van der Waals surface area contributed by atoms with Gasteiger partial charge in [-0.2, -0.15) is 0 Å². The Bertz CT molecular complexity index is 253. The molecule has 0 N–H and O–H groups in total. The van der Waals surface area contributed by atoms with E-state index in [4.69, 9.17) is 14.2 Å². The largest absolute Gasteiger partial charge is 0.457 e. The summed E-state index contributed by atoms with van der Waals surface area (Å²) in [5.74, 6) is -0.450. The third kappa shape index (κ3) is 2.94. The van der Waals surface area contributed by atoms with Gasteiger partial charge in [-0.3, -0.25) is 4.79 Å². The van der Waals surface area contributed by atoms with E-state index in [2.05, 4.69) is 0 Å². The summed E-state index contributed by atoms with van der Waals surface area (Å²) >= 11 is 0. The second-order valence-electron chi connectivity index (χ2n) is 3.97. The fourth-order valence-electron chi connectivity index (χ4n) is 0.944. The van der Waals surface area contributed by atoms with Crippen LogP contribution in [-0.4, -0.2) is 18.4 Å². The molecule has 0 amide bonds. The molecule has 4 nitrogen and oxygen atoms in total. The molecule has 0 unspecified atom stereocenters. The summed E-state index contributed by atoms with van der Waals surface area (Å²) in [6, 6.07) is 0. The van der Waals surface area contributed by atoms with Crippen LogP contribution in [0.4, 0.5) is 0 Å². The normalized spacial score (nSPS) is 18.5. The van der Waals surface area contributed by atoms with Crippen molar-refractivity contribution in [3.63, 3.8) is 0 Å². The van der Waals surface area contributed by atoms with Crippen molar-refractivity contribution >= 4 is 5.97 Å². The summed E-state index contributed by atoms with van der Waals surface area (Å²) in [5.41, 5.74) is 0. The van der Waals surface area contributed by atoms with Gasteiger partial charge in [0, 0.05) is 13.8 Å². The molecule has 1 rings (SSSR count). The summed E-state index contributed by atoms with van der Waals surface area (Å²) in [7, 11) is 0. The van der Waals surface area contributed by atoms with Gasteiger partial charge in [-0.15, -0.1) is 0 Å². The first-order valence-electron chi connectivity index (χ1n) is 4.63. The molecule has 1 aliphatic heterocycles. The summed E-state index contributed by atoms with van der Waals surface area (Å²) < 4.78 is 15.5. The molecule has 80 valence electrons. The number of esters is 1. The minimum atomic E-state index is -0.639. The van der Waals surface area contributed by atoms with Crippen LogP contribution in [0.3, 0.4) is 0 Å². The van der Waals surface area contributed by atoms with Crippen LogP contribution in [0.25, 0.3) is 0 Å². The summed E-state index contributed by atoms with van der Waals surface area (Å²) in [4.78, 5) is 11.1. The number of hydrogen-bond donors (Lipinski definition) is 0. The van der Waals surface area contributed by atoms with Crippen LogP contribution in [0, 0.1) is 5.92 Å². The van der Waals surface area contributed by atoms with E-state index in [1.807, 2.05) is 0 Å². The standard InChI is InChI=1S/C10H16O4/c1-7(2)9(11)12-5-8-6-13-10(3,4)14-8/h6-7H,5H2,1-4H3. The lowest BCUT2D eigenvalue weighted by molar-refractivity contribution is -0.151. The molecule has 1 aliphatic rings. The predicted octanol–water partition coefficient (Wildman–Crippen LogP) is 1.81. The van der Waals surface area contributed by atoms with Crippen molar-refractivity contribution in [3.05, 3.63) is 12.0 Å². The van der Waals surface area contributed by atoms with Crippen LogP contribution in [-0.2, 0) is 19.0 Å². The molecule has 0 bridgehead atoms. The van der Waals surface area contributed by atoms with Gasteiger partial charge in [0.1, 0.15) is 6.26 Å². The van der Waals surface area contributed by atoms with Gasteiger partial charge in [0.25, 0.3) is 0 Å². The molecule has 0 aromatic heterocycles. The van der Waals surface area contributed by atoms with Crippen molar-refractivity contribution in [1.82, 2.24) is 0 Å². The summed E-state index contributed by atoms with van der Waals surface area (Å²) in [6.45, 7) is 7.29. The predicted molar refractivity (Wildman–Crippen MR) is 50.1 cm³/mol. The molecule has 0 aliphatic carbocycles. The highest BCUT2D eigenvalue weighted by Crippen LogP contribution is 2.24. The van der Waals surface area contributed by atoms with Crippen molar-refractivity contribution in [2.24, 2.45) is 5.92 Å². The highest BCUT2D eigenvalue weighted by Gasteiger charge is 2.28. The van der Waals surface area contributed by atoms with Gasteiger partial charge in [0.2, 0.25) is 5.79 Å². The van der Waals surface area contributed by atoms with Crippen molar-refractivity contribution in [2.75, 3.05) is 6.61 Å². The Morgan fingerprint density at radius 2 is 2.21 bits per heavy atom. The molecular formula is C10H16O4. The molecule has 0 aromatic rings. The van der Waals surface area contributed by atoms with E-state index in [0.717, 1.165) is 0 Å². The minimum Gasteiger partial charge on any atom is -0.457 e. The van der Waals surface area contributed by atoms with Crippen molar-refractivity contribution in [3.8, 4) is 0 Å². The zero-order valence-electron chi connectivity index (χ0n) is 8.99. The first-order valence-corrected chi connectivity index (χ1v) is 4.63. The monoisotopic (exact) mass is 200 g/mol. The second kappa shape index (κ2) is 3.90. The molecular weight excluding hydrogens is 184 g/mol. The van der Waals surface area contributed by atoms with Gasteiger partial charge < -0.3 is 14.2 Å². The van der Waals surface area contributed by atoms with Gasteiger partial charge in [-0.05, 0) is 0 Å². The van der Waals surface area contributed by atoms with Crippen molar-refractivity contribution < 1.29 is 19.0 Å². The van der Waals surface area contributed by atoms with E-state index < -0.39 is 5.79 Å². The Morgan fingerprint density at radius 1 is 1.57 bits per heavy atom. The lowest BCUT2D eigenvalue weighted by Gasteiger charge is -2.18. The Hall–Kier alpha value is -1.19. The second-order valence-corrected chi connectivity index (χ2v) is 3.97. The van der Waals surface area contributed by atoms with Crippen LogP contribution in [0.2, 0.25) is 0 Å². The lowest BCUT2D eigenvalue weighted by Crippen LogP contribution is -2.21. The summed E-state index contributed by atoms with van der Waals surface area (Å²) in [5, 5.41) is 0. The molecule has 14 heavy (non-hydrogen) atoms. The number of ether oxygens (including phenoxy) is 3. The fraction of sp³-hybridized carbons (Fsp3) is 0.700. The highest BCUT2D eigenvalue weighted by atomic mass is 16.7.